The van der Waals surface area contributed by atoms with Crippen LogP contribution in [0.5, 0.6) is 0 Å². The minimum absolute atomic E-state index is 0.0698. The Balaban J connectivity index is 1.62. The number of piperazine rings is 2. The van der Waals surface area contributed by atoms with Gasteiger partial charge in [0.2, 0.25) is 11.8 Å². The van der Waals surface area contributed by atoms with Crippen molar-refractivity contribution in [1.29, 1.82) is 0 Å². The van der Waals surface area contributed by atoms with Crippen molar-refractivity contribution in [3.8, 4) is 0 Å². The average Bonchev–Trinajstić information content (AvgIpc) is 2.95. The number of aryl methyl sites for hydroxylation is 2. The first-order valence-corrected chi connectivity index (χ1v) is 8.70. The van der Waals surface area contributed by atoms with Crippen LogP contribution >= 0.6 is 0 Å². The number of hydrogen-bond donors (Lipinski definition) is 0. The zero-order valence-corrected chi connectivity index (χ0v) is 15.1. The number of fused-ring (bicyclic) bond motifs is 2. The SMILES string of the molecule is Cc1ccc2oc(C(=O)N3CCN4C(=O)CN(C)C(=O)C4C3)c(C)c2c1. The van der Waals surface area contributed by atoms with Crippen molar-refractivity contribution < 1.29 is 18.8 Å². The number of benzene rings is 1. The Labute approximate surface area is 151 Å². The summed E-state index contributed by atoms with van der Waals surface area (Å²) in [5.41, 5.74) is 2.58. The Hall–Kier alpha value is -2.83. The van der Waals surface area contributed by atoms with Crippen molar-refractivity contribution in [3.63, 3.8) is 0 Å². The minimum atomic E-state index is -0.606. The first-order chi connectivity index (χ1) is 12.4. The lowest BCUT2D eigenvalue weighted by Gasteiger charge is -2.45. The summed E-state index contributed by atoms with van der Waals surface area (Å²) in [4.78, 5) is 42.2. The molecule has 7 heteroatoms. The van der Waals surface area contributed by atoms with Crippen molar-refractivity contribution >= 4 is 28.7 Å². The minimum Gasteiger partial charge on any atom is -0.451 e. The number of nitrogens with zero attached hydrogens (tertiary/aromatic N) is 3. The second-order valence-corrected chi connectivity index (χ2v) is 7.10. The Bertz CT molecular complexity index is 932. The lowest BCUT2D eigenvalue weighted by Crippen LogP contribution is -2.66. The normalized spacial score (nSPS) is 20.7. The molecule has 1 aromatic carbocycles. The fourth-order valence-electron chi connectivity index (χ4n) is 3.79. The van der Waals surface area contributed by atoms with Gasteiger partial charge in [-0.15, -0.1) is 0 Å². The van der Waals surface area contributed by atoms with E-state index in [1.165, 1.54) is 4.90 Å². The van der Waals surface area contributed by atoms with Crippen LogP contribution in [0.3, 0.4) is 0 Å². The standard InChI is InChI=1S/C19H21N3O4/c1-11-4-5-15-13(8-11)12(2)17(26-15)19(25)21-6-7-22-14(9-21)18(24)20(3)10-16(22)23/h4-5,8,14H,6-7,9-10H2,1-3H3. The summed E-state index contributed by atoms with van der Waals surface area (Å²) >= 11 is 0. The van der Waals surface area contributed by atoms with Crippen LogP contribution in [0.4, 0.5) is 0 Å². The zero-order chi connectivity index (χ0) is 18.6. The molecule has 3 heterocycles. The lowest BCUT2D eigenvalue weighted by molar-refractivity contribution is -0.157. The second kappa shape index (κ2) is 5.86. The van der Waals surface area contributed by atoms with Gasteiger partial charge in [0.1, 0.15) is 11.6 Å². The van der Waals surface area contributed by atoms with E-state index in [9.17, 15) is 14.4 Å². The lowest BCUT2D eigenvalue weighted by atomic mass is 10.1. The fourth-order valence-corrected chi connectivity index (χ4v) is 3.79. The van der Waals surface area contributed by atoms with E-state index >= 15 is 0 Å². The van der Waals surface area contributed by atoms with Crippen LogP contribution in [0.2, 0.25) is 0 Å². The van der Waals surface area contributed by atoms with E-state index in [-0.39, 0.29) is 30.8 Å². The van der Waals surface area contributed by atoms with Crippen LogP contribution in [0.25, 0.3) is 11.0 Å². The van der Waals surface area contributed by atoms with Crippen LogP contribution in [0.15, 0.2) is 22.6 Å². The molecule has 7 nitrogen and oxygen atoms in total. The van der Waals surface area contributed by atoms with Gasteiger partial charge in [0, 0.05) is 31.1 Å². The van der Waals surface area contributed by atoms with Gasteiger partial charge in [-0.25, -0.2) is 0 Å². The Morgan fingerprint density at radius 1 is 1.19 bits per heavy atom. The first-order valence-electron chi connectivity index (χ1n) is 8.70. The van der Waals surface area contributed by atoms with Gasteiger partial charge in [-0.05, 0) is 26.0 Å². The molecule has 0 spiro atoms. The molecule has 2 aliphatic rings. The summed E-state index contributed by atoms with van der Waals surface area (Å²) in [6.45, 7) is 4.93. The molecule has 2 aromatic rings. The maximum Gasteiger partial charge on any atom is 0.290 e. The quantitative estimate of drug-likeness (QED) is 0.770. The van der Waals surface area contributed by atoms with E-state index in [0.717, 1.165) is 16.5 Å². The number of hydrogen-bond acceptors (Lipinski definition) is 4. The second-order valence-electron chi connectivity index (χ2n) is 7.10. The van der Waals surface area contributed by atoms with E-state index in [2.05, 4.69) is 0 Å². The molecule has 26 heavy (non-hydrogen) atoms. The van der Waals surface area contributed by atoms with Crippen molar-refractivity contribution in [2.24, 2.45) is 0 Å². The number of rotatable bonds is 1. The third-order valence-corrected chi connectivity index (χ3v) is 5.31. The third kappa shape index (κ3) is 2.46. The van der Waals surface area contributed by atoms with E-state index in [0.29, 0.717) is 24.4 Å². The third-order valence-electron chi connectivity index (χ3n) is 5.31. The average molecular weight is 355 g/mol. The molecular formula is C19H21N3O4. The molecular weight excluding hydrogens is 334 g/mol. The molecule has 136 valence electrons. The van der Waals surface area contributed by atoms with Gasteiger partial charge in [0.05, 0.1) is 13.1 Å². The summed E-state index contributed by atoms with van der Waals surface area (Å²) in [5.74, 6) is -0.120. The molecule has 2 fully saturated rings. The van der Waals surface area contributed by atoms with Gasteiger partial charge >= 0.3 is 0 Å². The van der Waals surface area contributed by atoms with Gasteiger partial charge in [0.15, 0.2) is 5.76 Å². The van der Waals surface area contributed by atoms with Gasteiger partial charge in [-0.3, -0.25) is 14.4 Å². The Morgan fingerprint density at radius 2 is 1.96 bits per heavy atom. The van der Waals surface area contributed by atoms with Crippen molar-refractivity contribution in [2.45, 2.75) is 19.9 Å². The molecule has 0 N–H and O–H groups in total. The molecule has 3 amide bonds. The monoisotopic (exact) mass is 355 g/mol. The maximum atomic E-state index is 13.0. The topological polar surface area (TPSA) is 74.1 Å². The highest BCUT2D eigenvalue weighted by atomic mass is 16.3. The Kier molecular flexibility index (Phi) is 3.75. The van der Waals surface area contributed by atoms with E-state index in [1.54, 1.807) is 16.8 Å². The van der Waals surface area contributed by atoms with E-state index in [1.807, 2.05) is 32.0 Å². The summed E-state index contributed by atoms with van der Waals surface area (Å²) in [6, 6.07) is 5.21. The van der Waals surface area contributed by atoms with E-state index in [4.69, 9.17) is 4.42 Å². The molecule has 0 radical (unpaired) electrons. The van der Waals surface area contributed by atoms with Crippen molar-refractivity contribution in [1.82, 2.24) is 14.7 Å². The Morgan fingerprint density at radius 3 is 2.73 bits per heavy atom. The summed E-state index contributed by atoms with van der Waals surface area (Å²) in [5, 5.41) is 0.927. The molecule has 1 atom stereocenters. The van der Waals surface area contributed by atoms with Crippen molar-refractivity contribution in [3.05, 3.63) is 35.1 Å². The number of carbonyl (C=O) groups is 3. The van der Waals surface area contributed by atoms with Gasteiger partial charge in [-0.2, -0.15) is 0 Å². The molecule has 2 aliphatic heterocycles. The van der Waals surface area contributed by atoms with Crippen LogP contribution in [0.1, 0.15) is 21.7 Å². The largest absolute Gasteiger partial charge is 0.451 e. The van der Waals surface area contributed by atoms with Crippen LogP contribution in [0, 0.1) is 13.8 Å². The van der Waals surface area contributed by atoms with Crippen LogP contribution in [-0.2, 0) is 9.59 Å². The van der Waals surface area contributed by atoms with Crippen LogP contribution < -0.4 is 0 Å². The summed E-state index contributed by atoms with van der Waals surface area (Å²) < 4.78 is 5.81. The number of amides is 3. The van der Waals surface area contributed by atoms with E-state index < -0.39 is 6.04 Å². The zero-order valence-electron chi connectivity index (χ0n) is 15.1. The van der Waals surface area contributed by atoms with Gasteiger partial charge in [0.25, 0.3) is 5.91 Å². The molecule has 1 unspecified atom stereocenters. The number of furan rings is 1. The smallest absolute Gasteiger partial charge is 0.290 e. The van der Waals surface area contributed by atoms with Crippen LogP contribution in [-0.4, -0.2) is 71.7 Å². The molecule has 0 bridgehead atoms. The highest BCUT2D eigenvalue weighted by Gasteiger charge is 2.42. The first kappa shape index (κ1) is 16.6. The van der Waals surface area contributed by atoms with Crippen molar-refractivity contribution in [2.75, 3.05) is 33.2 Å². The highest BCUT2D eigenvalue weighted by molar-refractivity contribution is 6.00. The number of likely N-dealkylation sites (N-methyl/N-ethyl adjacent to an activating group) is 1. The fraction of sp³-hybridized carbons (Fsp3) is 0.421. The molecule has 0 saturated carbocycles. The van der Waals surface area contributed by atoms with Gasteiger partial charge in [-0.1, -0.05) is 11.6 Å². The van der Waals surface area contributed by atoms with Gasteiger partial charge < -0.3 is 19.1 Å². The summed E-state index contributed by atoms with van der Waals surface area (Å²) in [6.07, 6.45) is 0. The molecule has 2 saturated heterocycles. The molecule has 0 aliphatic carbocycles. The maximum absolute atomic E-state index is 13.0. The summed E-state index contributed by atoms with van der Waals surface area (Å²) in [7, 11) is 1.62. The molecule has 4 rings (SSSR count). The number of carbonyl (C=O) groups excluding carboxylic acids is 3. The molecule has 1 aromatic heterocycles. The highest BCUT2D eigenvalue weighted by Crippen LogP contribution is 2.28. The predicted molar refractivity (Wildman–Crippen MR) is 94.7 cm³/mol. The predicted octanol–water partition coefficient (Wildman–Crippen LogP) is 1.17.